The molecule has 192 valence electrons. The van der Waals surface area contributed by atoms with Gasteiger partial charge in [0.05, 0.1) is 0 Å². The molecule has 4 rings (SSSR count). The van der Waals surface area contributed by atoms with E-state index < -0.39 is 29.2 Å². The molecule has 2 aliphatic carbocycles. The highest BCUT2D eigenvalue weighted by molar-refractivity contribution is 5.91. The van der Waals surface area contributed by atoms with E-state index in [4.69, 9.17) is 9.47 Å². The Hall–Kier alpha value is -2.57. The molecule has 2 unspecified atom stereocenters. The number of hydrogen-bond donors (Lipinski definition) is 1. The highest BCUT2D eigenvalue weighted by Crippen LogP contribution is 2.68. The monoisotopic (exact) mass is 484 g/mol. The first-order valence-corrected chi connectivity index (χ1v) is 12.8. The summed E-state index contributed by atoms with van der Waals surface area (Å²) in [6, 6.07) is 7.98. The van der Waals surface area contributed by atoms with Crippen molar-refractivity contribution in [1.82, 2.24) is 10.2 Å². The van der Waals surface area contributed by atoms with Crippen molar-refractivity contribution in [2.24, 2.45) is 16.7 Å². The molecule has 1 aromatic rings. The SMILES string of the molecule is CC(C)(C)OC(=O)[C@@H]1CC23CC2CCC[C@@H]3N1C(=O)[C@@H](NC(=O)OCc1ccccc1)C(C)(C)C. The molecule has 2 saturated carbocycles. The number of ether oxygens (including phenoxy) is 2. The number of carbonyl (C=O) groups is 3. The van der Waals surface area contributed by atoms with Gasteiger partial charge in [-0.3, -0.25) is 4.79 Å². The van der Waals surface area contributed by atoms with E-state index in [2.05, 4.69) is 5.32 Å². The summed E-state index contributed by atoms with van der Waals surface area (Å²) in [6.07, 6.45) is 4.17. The first-order chi connectivity index (χ1) is 16.3. The van der Waals surface area contributed by atoms with Crippen LogP contribution in [0.3, 0.4) is 0 Å². The summed E-state index contributed by atoms with van der Waals surface area (Å²) in [6.45, 7) is 11.4. The van der Waals surface area contributed by atoms with Gasteiger partial charge in [-0.2, -0.15) is 0 Å². The van der Waals surface area contributed by atoms with Crippen LogP contribution in [0.4, 0.5) is 4.79 Å². The Bertz CT molecular complexity index is 964. The van der Waals surface area contributed by atoms with Crippen molar-refractivity contribution >= 4 is 18.0 Å². The molecule has 35 heavy (non-hydrogen) atoms. The predicted octanol–water partition coefficient (Wildman–Crippen LogP) is 4.83. The number of esters is 1. The molecule has 1 aromatic carbocycles. The molecule has 5 atom stereocenters. The molecule has 2 amide bonds. The second-order valence-corrected chi connectivity index (χ2v) is 12.6. The van der Waals surface area contributed by atoms with Crippen LogP contribution in [-0.4, -0.2) is 46.6 Å². The van der Waals surface area contributed by atoms with Crippen LogP contribution < -0.4 is 5.32 Å². The van der Waals surface area contributed by atoms with Crippen molar-refractivity contribution in [3.63, 3.8) is 0 Å². The van der Waals surface area contributed by atoms with Crippen LogP contribution in [0.2, 0.25) is 0 Å². The molecule has 7 nitrogen and oxygen atoms in total. The number of alkyl carbamates (subject to hydrolysis) is 1. The van der Waals surface area contributed by atoms with Gasteiger partial charge >= 0.3 is 12.1 Å². The minimum atomic E-state index is -0.829. The van der Waals surface area contributed by atoms with Gasteiger partial charge in [-0.1, -0.05) is 57.5 Å². The van der Waals surface area contributed by atoms with Gasteiger partial charge in [-0.15, -0.1) is 0 Å². The van der Waals surface area contributed by atoms with Crippen molar-refractivity contribution in [2.45, 2.75) is 104 Å². The van der Waals surface area contributed by atoms with Crippen molar-refractivity contribution in [3.8, 4) is 0 Å². The van der Waals surface area contributed by atoms with E-state index >= 15 is 0 Å². The minimum Gasteiger partial charge on any atom is -0.458 e. The average Bonchev–Trinajstić information content (AvgIpc) is 3.39. The molecular weight excluding hydrogens is 444 g/mol. The van der Waals surface area contributed by atoms with Gasteiger partial charge in [0.25, 0.3) is 0 Å². The van der Waals surface area contributed by atoms with E-state index in [1.54, 1.807) is 4.90 Å². The molecular formula is C28H40N2O5. The third kappa shape index (κ3) is 5.34. The number of likely N-dealkylation sites (tertiary alicyclic amines) is 1. The molecule has 1 spiro atoms. The average molecular weight is 485 g/mol. The molecule has 0 aromatic heterocycles. The van der Waals surface area contributed by atoms with Gasteiger partial charge in [-0.25, -0.2) is 9.59 Å². The number of nitrogens with one attached hydrogen (secondary N) is 1. The highest BCUT2D eigenvalue weighted by atomic mass is 16.6. The number of amides is 2. The normalized spacial score (nSPS) is 28.4. The third-order valence-corrected chi connectivity index (χ3v) is 7.74. The Morgan fingerprint density at radius 1 is 1.06 bits per heavy atom. The van der Waals surface area contributed by atoms with E-state index in [0.717, 1.165) is 31.2 Å². The maximum atomic E-state index is 14.1. The Balaban J connectivity index is 1.55. The summed E-state index contributed by atoms with van der Waals surface area (Å²) < 4.78 is 11.2. The van der Waals surface area contributed by atoms with Crippen molar-refractivity contribution in [1.29, 1.82) is 0 Å². The Morgan fingerprint density at radius 2 is 1.74 bits per heavy atom. The zero-order chi connectivity index (χ0) is 25.6. The van der Waals surface area contributed by atoms with Crippen LogP contribution in [0.1, 0.15) is 79.2 Å². The van der Waals surface area contributed by atoms with Crippen LogP contribution in [0.25, 0.3) is 0 Å². The lowest BCUT2D eigenvalue weighted by molar-refractivity contribution is -0.165. The molecule has 1 saturated heterocycles. The summed E-state index contributed by atoms with van der Waals surface area (Å²) in [4.78, 5) is 42.0. The molecule has 3 aliphatic rings. The first kappa shape index (κ1) is 25.5. The Morgan fingerprint density at radius 3 is 2.37 bits per heavy atom. The minimum absolute atomic E-state index is 0.0123. The van der Waals surface area contributed by atoms with Crippen LogP contribution in [-0.2, 0) is 25.7 Å². The molecule has 0 bridgehead atoms. The van der Waals surface area contributed by atoms with Crippen molar-refractivity contribution in [3.05, 3.63) is 35.9 Å². The van der Waals surface area contributed by atoms with E-state index in [9.17, 15) is 14.4 Å². The molecule has 1 heterocycles. The fraction of sp³-hybridized carbons (Fsp3) is 0.679. The zero-order valence-electron chi connectivity index (χ0n) is 21.9. The second-order valence-electron chi connectivity index (χ2n) is 12.6. The van der Waals surface area contributed by atoms with Crippen molar-refractivity contribution in [2.75, 3.05) is 0 Å². The summed E-state index contributed by atoms with van der Waals surface area (Å²) >= 11 is 0. The largest absolute Gasteiger partial charge is 0.458 e. The second kappa shape index (κ2) is 9.14. The number of hydrogen-bond acceptors (Lipinski definition) is 5. The number of carbonyl (C=O) groups excluding carboxylic acids is 3. The Kier molecular flexibility index (Phi) is 6.66. The molecule has 1 N–H and O–H groups in total. The lowest BCUT2D eigenvalue weighted by Crippen LogP contribution is -2.59. The summed E-state index contributed by atoms with van der Waals surface area (Å²) in [5.41, 5.74) is -0.321. The van der Waals surface area contributed by atoms with E-state index in [-0.39, 0.29) is 29.9 Å². The van der Waals surface area contributed by atoms with Crippen LogP contribution >= 0.6 is 0 Å². The lowest BCUT2D eigenvalue weighted by atomic mass is 9.82. The predicted molar refractivity (Wildman–Crippen MR) is 132 cm³/mol. The van der Waals surface area contributed by atoms with Gasteiger partial charge in [-0.05, 0) is 68.8 Å². The van der Waals surface area contributed by atoms with E-state index in [1.807, 2.05) is 71.9 Å². The smallest absolute Gasteiger partial charge is 0.408 e. The third-order valence-electron chi connectivity index (χ3n) is 7.74. The first-order valence-electron chi connectivity index (χ1n) is 12.8. The maximum Gasteiger partial charge on any atom is 0.408 e. The molecule has 0 radical (unpaired) electrons. The number of benzene rings is 1. The van der Waals surface area contributed by atoms with Crippen LogP contribution in [0.5, 0.6) is 0 Å². The fourth-order valence-corrected chi connectivity index (χ4v) is 6.07. The van der Waals surface area contributed by atoms with E-state index in [0.29, 0.717) is 12.3 Å². The van der Waals surface area contributed by atoms with Gasteiger partial charge in [0.2, 0.25) is 5.91 Å². The lowest BCUT2D eigenvalue weighted by Gasteiger charge is -2.39. The summed E-state index contributed by atoms with van der Waals surface area (Å²) in [5, 5.41) is 2.83. The van der Waals surface area contributed by atoms with Gasteiger partial charge in [0.1, 0.15) is 24.3 Å². The van der Waals surface area contributed by atoms with Gasteiger partial charge in [0.15, 0.2) is 0 Å². The standard InChI is InChI=1S/C28H40N2O5/c1-26(2,3)22(29-25(33)34-17-18-11-8-7-9-12-18)23(31)30-20(24(32)35-27(4,5)6)16-28-15-19(28)13-10-14-21(28)30/h7-9,11-12,19-22H,10,13-17H2,1-6H3,(H,29,33)/t19?,20-,21-,22+,28?/m0/s1. The van der Waals surface area contributed by atoms with Crippen LogP contribution in [0.15, 0.2) is 30.3 Å². The highest BCUT2D eigenvalue weighted by Gasteiger charge is 2.69. The topological polar surface area (TPSA) is 84.9 Å². The summed E-state index contributed by atoms with van der Waals surface area (Å²) in [5.74, 6) is -0.0000889. The zero-order valence-corrected chi connectivity index (χ0v) is 21.9. The van der Waals surface area contributed by atoms with Gasteiger partial charge < -0.3 is 19.7 Å². The maximum absolute atomic E-state index is 14.1. The summed E-state index contributed by atoms with van der Waals surface area (Å²) in [7, 11) is 0. The van der Waals surface area contributed by atoms with Gasteiger partial charge in [0, 0.05) is 6.04 Å². The number of rotatable bonds is 5. The van der Waals surface area contributed by atoms with E-state index in [1.165, 1.54) is 0 Å². The Labute approximate surface area is 208 Å². The quantitative estimate of drug-likeness (QED) is 0.605. The molecule has 7 heteroatoms. The fourth-order valence-electron chi connectivity index (χ4n) is 6.07. The van der Waals surface area contributed by atoms with Crippen molar-refractivity contribution < 1.29 is 23.9 Å². The molecule has 1 aliphatic heterocycles. The number of nitrogens with zero attached hydrogens (tertiary/aromatic N) is 1. The van der Waals surface area contributed by atoms with Crippen LogP contribution in [0, 0.1) is 16.7 Å². The molecule has 3 fully saturated rings.